The second-order valence-corrected chi connectivity index (χ2v) is 7.02. The van der Waals surface area contributed by atoms with Crippen LogP contribution >= 0.6 is 24.0 Å². The Hall–Kier alpha value is -2.22. The number of benzene rings is 2. The number of H-pyrrole nitrogens is 1. The van der Waals surface area contributed by atoms with E-state index in [1.54, 1.807) is 0 Å². The first kappa shape index (κ1) is 20.5. The number of rotatable bonds is 5. The molecule has 6 heteroatoms. The zero-order chi connectivity index (χ0) is 18.5. The lowest BCUT2D eigenvalue weighted by atomic mass is 10.1. The van der Waals surface area contributed by atoms with Crippen molar-refractivity contribution in [2.45, 2.75) is 18.9 Å². The average Bonchev–Trinajstić information content (AvgIpc) is 3.35. The molecule has 2 heterocycles. The van der Waals surface area contributed by atoms with Gasteiger partial charge in [0, 0.05) is 55.5 Å². The van der Waals surface area contributed by atoms with E-state index in [4.69, 9.17) is 0 Å². The minimum Gasteiger partial charge on any atom is -0.369 e. The molecule has 3 aromatic rings. The fourth-order valence-electron chi connectivity index (χ4n) is 3.79. The van der Waals surface area contributed by atoms with Gasteiger partial charge >= 0.3 is 0 Å². The minimum absolute atomic E-state index is 0. The van der Waals surface area contributed by atoms with E-state index in [-0.39, 0.29) is 24.0 Å². The normalized spacial score (nSPS) is 16.8. The molecule has 0 amide bonds. The SMILES string of the molecule is CN=C(NCCc1c[nH]c2ccccc12)NC1CCN(c2ccccc2)C1.I. The van der Waals surface area contributed by atoms with Gasteiger partial charge in [0.15, 0.2) is 5.96 Å². The maximum atomic E-state index is 4.40. The second kappa shape index (κ2) is 9.82. The van der Waals surface area contributed by atoms with Gasteiger partial charge in [-0.05, 0) is 36.6 Å². The van der Waals surface area contributed by atoms with Crippen molar-refractivity contribution < 1.29 is 0 Å². The Labute approximate surface area is 183 Å². The second-order valence-electron chi connectivity index (χ2n) is 7.02. The molecule has 5 nitrogen and oxygen atoms in total. The summed E-state index contributed by atoms with van der Waals surface area (Å²) in [6.45, 7) is 2.94. The Morgan fingerprint density at radius 1 is 1.14 bits per heavy atom. The van der Waals surface area contributed by atoms with Crippen LogP contribution in [0.2, 0.25) is 0 Å². The number of hydrogen-bond acceptors (Lipinski definition) is 2. The third kappa shape index (κ3) is 4.79. The molecule has 1 aliphatic heterocycles. The first-order valence-corrected chi connectivity index (χ1v) is 9.65. The maximum Gasteiger partial charge on any atom is 0.191 e. The smallest absolute Gasteiger partial charge is 0.191 e. The van der Waals surface area contributed by atoms with Crippen LogP contribution in [0.1, 0.15) is 12.0 Å². The van der Waals surface area contributed by atoms with Crippen molar-refractivity contribution in [2.24, 2.45) is 4.99 Å². The number of hydrogen-bond donors (Lipinski definition) is 3. The number of fused-ring (bicyclic) bond motifs is 1. The van der Waals surface area contributed by atoms with Crippen molar-refractivity contribution in [3.05, 3.63) is 66.4 Å². The highest BCUT2D eigenvalue weighted by Crippen LogP contribution is 2.20. The fourth-order valence-corrected chi connectivity index (χ4v) is 3.79. The predicted octanol–water partition coefficient (Wildman–Crippen LogP) is 3.77. The fraction of sp³-hybridized carbons (Fsp3) is 0.318. The van der Waals surface area contributed by atoms with Crippen molar-refractivity contribution >= 4 is 46.5 Å². The summed E-state index contributed by atoms with van der Waals surface area (Å²) in [4.78, 5) is 10.2. The Balaban J connectivity index is 0.00000225. The molecular weight excluding hydrogens is 461 g/mol. The zero-order valence-electron chi connectivity index (χ0n) is 16.2. The number of nitrogens with one attached hydrogen (secondary N) is 3. The van der Waals surface area contributed by atoms with E-state index in [0.29, 0.717) is 6.04 Å². The first-order chi connectivity index (χ1) is 13.3. The van der Waals surface area contributed by atoms with Gasteiger partial charge in [-0.25, -0.2) is 0 Å². The highest BCUT2D eigenvalue weighted by molar-refractivity contribution is 14.0. The molecule has 3 N–H and O–H groups in total. The van der Waals surface area contributed by atoms with Crippen molar-refractivity contribution in [1.82, 2.24) is 15.6 Å². The number of halogens is 1. The Morgan fingerprint density at radius 3 is 2.75 bits per heavy atom. The largest absolute Gasteiger partial charge is 0.369 e. The topological polar surface area (TPSA) is 55.5 Å². The van der Waals surface area contributed by atoms with Gasteiger partial charge in [-0.1, -0.05) is 36.4 Å². The summed E-state index contributed by atoms with van der Waals surface area (Å²) in [7, 11) is 1.84. The number of aliphatic imine (C=N–C) groups is 1. The van der Waals surface area contributed by atoms with E-state index >= 15 is 0 Å². The third-order valence-electron chi connectivity index (χ3n) is 5.24. The van der Waals surface area contributed by atoms with Crippen LogP contribution in [-0.2, 0) is 6.42 Å². The van der Waals surface area contributed by atoms with E-state index in [1.807, 2.05) is 7.05 Å². The molecule has 28 heavy (non-hydrogen) atoms. The number of anilines is 1. The number of aromatic amines is 1. The summed E-state index contributed by atoms with van der Waals surface area (Å²) in [6.07, 6.45) is 4.20. The van der Waals surface area contributed by atoms with Gasteiger partial charge in [-0.2, -0.15) is 0 Å². The van der Waals surface area contributed by atoms with Gasteiger partial charge in [0.05, 0.1) is 0 Å². The van der Waals surface area contributed by atoms with Crippen molar-refractivity contribution in [3.63, 3.8) is 0 Å². The molecule has 0 saturated carbocycles. The van der Waals surface area contributed by atoms with Crippen LogP contribution < -0.4 is 15.5 Å². The Bertz CT molecular complexity index is 905. The van der Waals surface area contributed by atoms with E-state index in [0.717, 1.165) is 38.4 Å². The average molecular weight is 489 g/mol. The molecule has 0 spiro atoms. The van der Waals surface area contributed by atoms with E-state index in [2.05, 4.69) is 86.3 Å². The molecule has 2 aromatic carbocycles. The summed E-state index contributed by atoms with van der Waals surface area (Å²) in [5.41, 5.74) is 3.83. The molecule has 1 aromatic heterocycles. The van der Waals surface area contributed by atoms with E-state index < -0.39 is 0 Å². The van der Waals surface area contributed by atoms with Gasteiger partial charge in [-0.3, -0.25) is 4.99 Å². The maximum absolute atomic E-state index is 4.40. The quantitative estimate of drug-likeness (QED) is 0.291. The molecule has 0 bridgehead atoms. The standard InChI is InChI=1S/C22H27N5.HI/c1-23-22(24-13-11-17-15-25-21-10-6-5-9-20(17)21)26-18-12-14-27(16-18)19-7-3-2-4-8-19;/h2-10,15,18,25H,11-14,16H2,1H3,(H2,23,24,26);1H. The molecule has 0 radical (unpaired) electrons. The summed E-state index contributed by atoms with van der Waals surface area (Å²) in [5, 5.41) is 8.33. The van der Waals surface area contributed by atoms with Crippen molar-refractivity contribution in [2.75, 3.05) is 31.6 Å². The third-order valence-corrected chi connectivity index (χ3v) is 5.24. The number of guanidine groups is 1. The lowest BCUT2D eigenvalue weighted by Crippen LogP contribution is -2.45. The van der Waals surface area contributed by atoms with Crippen LogP contribution in [0.25, 0.3) is 10.9 Å². The molecule has 4 rings (SSSR count). The minimum atomic E-state index is 0. The molecular formula is C22H28IN5. The predicted molar refractivity (Wildman–Crippen MR) is 129 cm³/mol. The molecule has 1 saturated heterocycles. The molecule has 0 aliphatic carbocycles. The Kier molecular flexibility index (Phi) is 7.19. The lowest BCUT2D eigenvalue weighted by Gasteiger charge is -2.20. The summed E-state index contributed by atoms with van der Waals surface area (Å²) >= 11 is 0. The number of aromatic nitrogens is 1. The van der Waals surface area contributed by atoms with Crippen molar-refractivity contribution in [3.8, 4) is 0 Å². The van der Waals surface area contributed by atoms with Gasteiger partial charge < -0.3 is 20.5 Å². The monoisotopic (exact) mass is 489 g/mol. The van der Waals surface area contributed by atoms with Gasteiger partial charge in [-0.15, -0.1) is 24.0 Å². The summed E-state index contributed by atoms with van der Waals surface area (Å²) in [6, 6.07) is 19.5. The Morgan fingerprint density at radius 2 is 1.93 bits per heavy atom. The van der Waals surface area contributed by atoms with Crippen LogP contribution in [0.5, 0.6) is 0 Å². The van der Waals surface area contributed by atoms with Gasteiger partial charge in [0.2, 0.25) is 0 Å². The molecule has 1 fully saturated rings. The van der Waals surface area contributed by atoms with Crippen LogP contribution in [-0.4, -0.2) is 43.7 Å². The van der Waals surface area contributed by atoms with Crippen LogP contribution in [0.15, 0.2) is 65.8 Å². The molecule has 1 atom stereocenters. The lowest BCUT2D eigenvalue weighted by molar-refractivity contribution is 0.648. The number of nitrogens with zero attached hydrogens (tertiary/aromatic N) is 2. The summed E-state index contributed by atoms with van der Waals surface area (Å²) < 4.78 is 0. The van der Waals surface area contributed by atoms with Crippen LogP contribution in [0.4, 0.5) is 5.69 Å². The zero-order valence-corrected chi connectivity index (χ0v) is 18.5. The highest BCUT2D eigenvalue weighted by atomic mass is 127. The van der Waals surface area contributed by atoms with Crippen LogP contribution in [0.3, 0.4) is 0 Å². The van der Waals surface area contributed by atoms with Gasteiger partial charge in [0.25, 0.3) is 0 Å². The van der Waals surface area contributed by atoms with E-state index in [9.17, 15) is 0 Å². The van der Waals surface area contributed by atoms with E-state index in [1.165, 1.54) is 22.2 Å². The molecule has 1 aliphatic rings. The highest BCUT2D eigenvalue weighted by Gasteiger charge is 2.23. The summed E-state index contributed by atoms with van der Waals surface area (Å²) in [5.74, 6) is 0.884. The molecule has 148 valence electrons. The first-order valence-electron chi connectivity index (χ1n) is 9.65. The van der Waals surface area contributed by atoms with Gasteiger partial charge in [0.1, 0.15) is 0 Å². The molecule has 1 unspecified atom stereocenters. The van der Waals surface area contributed by atoms with Crippen LogP contribution in [0, 0.1) is 0 Å². The number of para-hydroxylation sites is 2. The van der Waals surface area contributed by atoms with Crippen molar-refractivity contribution in [1.29, 1.82) is 0 Å².